The summed E-state index contributed by atoms with van der Waals surface area (Å²) < 4.78 is 0. The first-order chi connectivity index (χ1) is 21.2. The van der Waals surface area contributed by atoms with Crippen LogP contribution in [0.1, 0.15) is 213 Å². The van der Waals surface area contributed by atoms with Crippen molar-refractivity contribution in [2.75, 3.05) is 6.61 Å². The summed E-state index contributed by atoms with van der Waals surface area (Å²) in [5.74, 6) is -0.0405. The Morgan fingerprint density at radius 2 is 0.884 bits per heavy atom. The van der Waals surface area contributed by atoms with Crippen LogP contribution >= 0.6 is 0 Å². The summed E-state index contributed by atoms with van der Waals surface area (Å²) >= 11 is 0. The number of rotatable bonds is 35. The van der Waals surface area contributed by atoms with E-state index < -0.39 is 12.1 Å². The molecule has 0 bridgehead atoms. The number of allylic oxidation sites excluding steroid dienone is 2. The van der Waals surface area contributed by atoms with Crippen LogP contribution in [-0.2, 0) is 4.79 Å². The van der Waals surface area contributed by atoms with Crippen molar-refractivity contribution in [1.82, 2.24) is 5.32 Å². The number of carbonyl (C=O) groups excluding carboxylic acids is 1. The number of amides is 1. The van der Waals surface area contributed by atoms with Gasteiger partial charge in [0.05, 0.1) is 18.8 Å². The summed E-state index contributed by atoms with van der Waals surface area (Å²) in [5.41, 5.74) is 0. The average molecular weight is 608 g/mol. The fourth-order valence-electron chi connectivity index (χ4n) is 6.00. The van der Waals surface area contributed by atoms with Gasteiger partial charge in [0.15, 0.2) is 0 Å². The zero-order valence-electron chi connectivity index (χ0n) is 29.2. The lowest BCUT2D eigenvalue weighted by molar-refractivity contribution is -0.123. The van der Waals surface area contributed by atoms with Crippen LogP contribution in [-0.4, -0.2) is 34.9 Å². The standard InChI is InChI=1S/C39H77NO3/c1-3-5-7-9-11-13-15-17-18-19-20-21-22-23-24-26-28-30-32-34-38(42)37(36-41)40-39(43)35-33-31-29-27-25-16-14-12-10-8-6-4-2/h12,14,37-38,41-42H,3-11,13,15-36H2,1-2H3,(H,40,43)/b14-12-. The summed E-state index contributed by atoms with van der Waals surface area (Å²) in [6.45, 7) is 4.33. The Morgan fingerprint density at radius 3 is 1.33 bits per heavy atom. The molecule has 0 aromatic heterocycles. The van der Waals surface area contributed by atoms with Crippen molar-refractivity contribution in [2.24, 2.45) is 0 Å². The van der Waals surface area contributed by atoms with Crippen LogP contribution in [0.15, 0.2) is 12.2 Å². The number of aliphatic hydroxyl groups excluding tert-OH is 2. The number of unbranched alkanes of at least 4 members (excludes halogenated alkanes) is 26. The maximum absolute atomic E-state index is 12.3. The van der Waals surface area contributed by atoms with E-state index in [9.17, 15) is 15.0 Å². The van der Waals surface area contributed by atoms with Crippen LogP contribution < -0.4 is 5.32 Å². The SMILES string of the molecule is CCCCC/C=C\CCCCCCCC(=O)NC(CO)C(O)CCCCCCCCCCCCCCCCCCCCC. The zero-order valence-corrected chi connectivity index (χ0v) is 29.2. The summed E-state index contributed by atoms with van der Waals surface area (Å²) in [6, 6.07) is -0.535. The van der Waals surface area contributed by atoms with Gasteiger partial charge >= 0.3 is 0 Å². The van der Waals surface area contributed by atoms with Crippen molar-refractivity contribution >= 4 is 5.91 Å². The Balaban J connectivity index is 3.51. The van der Waals surface area contributed by atoms with Crippen LogP contribution in [0.25, 0.3) is 0 Å². The third-order valence-electron chi connectivity index (χ3n) is 9.03. The molecule has 2 atom stereocenters. The molecule has 1 amide bonds. The van der Waals surface area contributed by atoms with Gasteiger partial charge in [0.25, 0.3) is 0 Å². The molecule has 0 heterocycles. The van der Waals surface area contributed by atoms with E-state index in [1.165, 1.54) is 161 Å². The second-order valence-electron chi connectivity index (χ2n) is 13.4. The lowest BCUT2D eigenvalue weighted by atomic mass is 10.0. The Hall–Kier alpha value is -0.870. The van der Waals surface area contributed by atoms with Crippen LogP contribution in [0.4, 0.5) is 0 Å². The fraction of sp³-hybridized carbons (Fsp3) is 0.923. The molecule has 0 aromatic rings. The molecule has 0 aliphatic heterocycles. The molecule has 0 aliphatic carbocycles. The second kappa shape index (κ2) is 35.6. The lowest BCUT2D eigenvalue weighted by Gasteiger charge is -2.22. The monoisotopic (exact) mass is 608 g/mol. The van der Waals surface area contributed by atoms with E-state index in [0.717, 1.165) is 25.7 Å². The van der Waals surface area contributed by atoms with Gasteiger partial charge in [0.1, 0.15) is 0 Å². The first kappa shape index (κ1) is 42.1. The largest absolute Gasteiger partial charge is 0.394 e. The molecule has 0 spiro atoms. The molecule has 0 saturated heterocycles. The maximum atomic E-state index is 12.3. The molecule has 0 radical (unpaired) electrons. The summed E-state index contributed by atoms with van der Waals surface area (Å²) in [6.07, 6.45) is 42.7. The minimum absolute atomic E-state index is 0.0405. The van der Waals surface area contributed by atoms with E-state index in [-0.39, 0.29) is 12.5 Å². The predicted molar refractivity (Wildman–Crippen MR) is 189 cm³/mol. The van der Waals surface area contributed by atoms with Gasteiger partial charge in [-0.15, -0.1) is 0 Å². The van der Waals surface area contributed by atoms with Crippen molar-refractivity contribution in [2.45, 2.75) is 225 Å². The molecule has 3 N–H and O–H groups in total. The third kappa shape index (κ3) is 32.3. The van der Waals surface area contributed by atoms with Gasteiger partial charge in [-0.05, 0) is 38.5 Å². The van der Waals surface area contributed by atoms with Crippen LogP contribution in [0.5, 0.6) is 0 Å². The summed E-state index contributed by atoms with van der Waals surface area (Å²) in [4.78, 5) is 12.3. The third-order valence-corrected chi connectivity index (χ3v) is 9.03. The number of hydrogen-bond acceptors (Lipinski definition) is 3. The van der Waals surface area contributed by atoms with Gasteiger partial charge in [-0.1, -0.05) is 180 Å². The Kier molecular flexibility index (Phi) is 34.9. The molecule has 0 saturated carbocycles. The fourth-order valence-corrected chi connectivity index (χ4v) is 6.00. The molecular weight excluding hydrogens is 530 g/mol. The molecule has 0 aromatic carbocycles. The molecular formula is C39H77NO3. The van der Waals surface area contributed by atoms with E-state index in [0.29, 0.717) is 12.8 Å². The van der Waals surface area contributed by atoms with E-state index in [1.54, 1.807) is 0 Å². The van der Waals surface area contributed by atoms with Crippen molar-refractivity contribution in [1.29, 1.82) is 0 Å². The van der Waals surface area contributed by atoms with Crippen LogP contribution in [0.2, 0.25) is 0 Å². The van der Waals surface area contributed by atoms with Gasteiger partial charge in [0.2, 0.25) is 5.91 Å². The first-order valence-corrected chi connectivity index (χ1v) is 19.4. The highest BCUT2D eigenvalue weighted by Gasteiger charge is 2.19. The molecule has 43 heavy (non-hydrogen) atoms. The normalized spacial score (nSPS) is 13.1. The van der Waals surface area contributed by atoms with Crippen molar-refractivity contribution in [3.05, 3.63) is 12.2 Å². The second-order valence-corrected chi connectivity index (χ2v) is 13.4. The van der Waals surface area contributed by atoms with Crippen molar-refractivity contribution < 1.29 is 15.0 Å². The van der Waals surface area contributed by atoms with E-state index >= 15 is 0 Å². The molecule has 256 valence electrons. The minimum Gasteiger partial charge on any atom is -0.394 e. The average Bonchev–Trinajstić information content (AvgIpc) is 3.01. The van der Waals surface area contributed by atoms with Gasteiger partial charge in [0, 0.05) is 6.42 Å². The minimum atomic E-state index is -0.658. The predicted octanol–water partition coefficient (Wildman–Crippen LogP) is 11.5. The highest BCUT2D eigenvalue weighted by molar-refractivity contribution is 5.76. The quantitative estimate of drug-likeness (QED) is 0.0496. The van der Waals surface area contributed by atoms with Gasteiger partial charge in [-0.3, -0.25) is 4.79 Å². The number of carbonyl (C=O) groups is 1. The number of nitrogens with one attached hydrogen (secondary N) is 1. The highest BCUT2D eigenvalue weighted by Crippen LogP contribution is 2.16. The number of aliphatic hydroxyl groups is 2. The van der Waals surface area contributed by atoms with Gasteiger partial charge < -0.3 is 15.5 Å². The Bertz CT molecular complexity index is 579. The first-order valence-electron chi connectivity index (χ1n) is 19.4. The van der Waals surface area contributed by atoms with Gasteiger partial charge in [-0.2, -0.15) is 0 Å². The maximum Gasteiger partial charge on any atom is 0.220 e. The Labute approximate surface area is 269 Å². The zero-order chi connectivity index (χ0) is 31.5. The summed E-state index contributed by atoms with van der Waals surface area (Å²) in [7, 11) is 0. The summed E-state index contributed by atoms with van der Waals surface area (Å²) in [5, 5.41) is 23.1. The molecule has 2 unspecified atom stereocenters. The highest BCUT2D eigenvalue weighted by atomic mass is 16.3. The van der Waals surface area contributed by atoms with Crippen LogP contribution in [0, 0.1) is 0 Å². The molecule has 4 heteroatoms. The molecule has 0 fully saturated rings. The van der Waals surface area contributed by atoms with Gasteiger partial charge in [-0.25, -0.2) is 0 Å². The Morgan fingerprint density at radius 1 is 0.535 bits per heavy atom. The van der Waals surface area contributed by atoms with Crippen molar-refractivity contribution in [3.63, 3.8) is 0 Å². The van der Waals surface area contributed by atoms with Crippen molar-refractivity contribution in [3.8, 4) is 0 Å². The van der Waals surface area contributed by atoms with E-state index in [2.05, 4.69) is 31.3 Å². The van der Waals surface area contributed by atoms with E-state index in [1.807, 2.05) is 0 Å². The van der Waals surface area contributed by atoms with Crippen LogP contribution in [0.3, 0.4) is 0 Å². The lowest BCUT2D eigenvalue weighted by Crippen LogP contribution is -2.45. The molecule has 0 aliphatic rings. The topological polar surface area (TPSA) is 69.6 Å². The van der Waals surface area contributed by atoms with E-state index in [4.69, 9.17) is 0 Å². The smallest absolute Gasteiger partial charge is 0.220 e. The number of hydrogen-bond donors (Lipinski definition) is 3. The molecule has 0 rings (SSSR count). The molecule has 4 nitrogen and oxygen atoms in total.